The van der Waals surface area contributed by atoms with Crippen LogP contribution in [0.2, 0.25) is 0 Å². The number of nitrogens with zero attached hydrogens (tertiary/aromatic N) is 1. The molecule has 0 amide bonds. The molecule has 1 rings (SSSR count). The summed E-state index contributed by atoms with van der Waals surface area (Å²) in [5, 5.41) is 0. The van der Waals surface area contributed by atoms with Gasteiger partial charge in [0.25, 0.3) is 0 Å². The second kappa shape index (κ2) is 2.78. The van der Waals surface area contributed by atoms with Gasteiger partial charge < -0.3 is 0 Å². The van der Waals surface area contributed by atoms with Crippen LogP contribution in [0.1, 0.15) is 12.8 Å². The molecule has 4 heteroatoms. The SMILES string of the molecule is FC(F)(F)CN1[CH]CCC1. The van der Waals surface area contributed by atoms with E-state index in [2.05, 4.69) is 0 Å². The van der Waals surface area contributed by atoms with Crippen LogP contribution in [0, 0.1) is 6.54 Å². The van der Waals surface area contributed by atoms with Crippen molar-refractivity contribution in [1.82, 2.24) is 4.90 Å². The molecule has 10 heavy (non-hydrogen) atoms. The fourth-order valence-corrected chi connectivity index (χ4v) is 1.03. The summed E-state index contributed by atoms with van der Waals surface area (Å²) in [5.74, 6) is 0. The summed E-state index contributed by atoms with van der Waals surface area (Å²) in [5.41, 5.74) is 0. The molecular weight excluding hydrogens is 143 g/mol. The Labute approximate surface area is 57.8 Å². The van der Waals surface area contributed by atoms with E-state index in [0.29, 0.717) is 6.54 Å². The lowest BCUT2D eigenvalue weighted by Crippen LogP contribution is -2.29. The predicted octanol–water partition coefficient (Wildman–Crippen LogP) is 1.81. The average Bonchev–Trinajstić information content (AvgIpc) is 2.12. The summed E-state index contributed by atoms with van der Waals surface area (Å²) in [6, 6.07) is 0. The molecule has 0 N–H and O–H groups in total. The molecule has 1 nitrogen and oxygen atoms in total. The fraction of sp³-hybridized carbons (Fsp3) is 0.833. The summed E-state index contributed by atoms with van der Waals surface area (Å²) in [6.07, 6.45) is -2.40. The zero-order chi connectivity index (χ0) is 7.61. The van der Waals surface area contributed by atoms with E-state index >= 15 is 0 Å². The van der Waals surface area contributed by atoms with Crippen molar-refractivity contribution in [1.29, 1.82) is 0 Å². The van der Waals surface area contributed by atoms with Crippen molar-refractivity contribution < 1.29 is 13.2 Å². The average molecular weight is 152 g/mol. The predicted molar refractivity (Wildman–Crippen MR) is 31.2 cm³/mol. The van der Waals surface area contributed by atoms with Crippen molar-refractivity contribution >= 4 is 0 Å². The largest absolute Gasteiger partial charge is 0.401 e. The Morgan fingerprint density at radius 3 is 2.50 bits per heavy atom. The highest BCUT2D eigenvalue weighted by Crippen LogP contribution is 2.21. The minimum Gasteiger partial charge on any atom is -0.290 e. The van der Waals surface area contributed by atoms with Gasteiger partial charge in [0.05, 0.1) is 6.54 Å². The van der Waals surface area contributed by atoms with Crippen molar-refractivity contribution in [3.63, 3.8) is 0 Å². The van der Waals surface area contributed by atoms with Gasteiger partial charge in [0.2, 0.25) is 0 Å². The molecule has 0 atom stereocenters. The topological polar surface area (TPSA) is 3.24 Å². The van der Waals surface area contributed by atoms with Crippen LogP contribution < -0.4 is 0 Å². The maximum absolute atomic E-state index is 11.6. The summed E-state index contributed by atoms with van der Waals surface area (Å²) < 4.78 is 34.9. The van der Waals surface area contributed by atoms with Crippen molar-refractivity contribution in [3.05, 3.63) is 6.54 Å². The van der Waals surface area contributed by atoms with Crippen molar-refractivity contribution in [3.8, 4) is 0 Å². The van der Waals surface area contributed by atoms with Crippen LogP contribution in [-0.2, 0) is 0 Å². The van der Waals surface area contributed by atoms with Gasteiger partial charge in [0, 0.05) is 6.54 Å². The van der Waals surface area contributed by atoms with Crippen LogP contribution in [0.15, 0.2) is 0 Å². The van der Waals surface area contributed by atoms with Crippen LogP contribution in [-0.4, -0.2) is 24.2 Å². The highest BCUT2D eigenvalue weighted by Gasteiger charge is 2.31. The lowest BCUT2D eigenvalue weighted by Gasteiger charge is -2.15. The number of hydrogen-bond donors (Lipinski definition) is 0. The number of alkyl halides is 3. The van der Waals surface area contributed by atoms with Gasteiger partial charge in [-0.15, -0.1) is 0 Å². The molecule has 0 aromatic carbocycles. The van der Waals surface area contributed by atoms with Gasteiger partial charge in [-0.2, -0.15) is 13.2 Å². The lowest BCUT2D eigenvalue weighted by molar-refractivity contribution is -0.140. The summed E-state index contributed by atoms with van der Waals surface area (Å²) in [6.45, 7) is 1.39. The molecule has 0 aromatic heterocycles. The van der Waals surface area contributed by atoms with Gasteiger partial charge in [-0.25, -0.2) is 0 Å². The molecule has 1 saturated heterocycles. The quantitative estimate of drug-likeness (QED) is 0.553. The molecule has 0 saturated carbocycles. The number of halogens is 3. The number of hydrogen-bond acceptors (Lipinski definition) is 1. The van der Waals surface area contributed by atoms with E-state index in [0.717, 1.165) is 12.8 Å². The molecule has 1 aliphatic heterocycles. The summed E-state index contributed by atoms with van der Waals surface area (Å²) >= 11 is 0. The third kappa shape index (κ3) is 2.56. The van der Waals surface area contributed by atoms with Gasteiger partial charge in [-0.3, -0.25) is 4.90 Å². The third-order valence-electron chi connectivity index (χ3n) is 1.42. The number of rotatable bonds is 1. The summed E-state index contributed by atoms with van der Waals surface area (Å²) in [4.78, 5) is 1.32. The molecular formula is C6H9F3N. The Kier molecular flexibility index (Phi) is 2.18. The van der Waals surface area contributed by atoms with Crippen molar-refractivity contribution in [2.75, 3.05) is 13.1 Å². The van der Waals surface area contributed by atoms with E-state index in [1.54, 1.807) is 6.54 Å². The first-order chi connectivity index (χ1) is 4.58. The van der Waals surface area contributed by atoms with E-state index in [4.69, 9.17) is 0 Å². The van der Waals surface area contributed by atoms with Crippen LogP contribution in [0.5, 0.6) is 0 Å². The molecule has 0 aliphatic carbocycles. The second-order valence-corrected chi connectivity index (χ2v) is 2.41. The highest BCUT2D eigenvalue weighted by atomic mass is 19.4. The molecule has 0 unspecified atom stereocenters. The molecule has 1 radical (unpaired) electrons. The van der Waals surface area contributed by atoms with Crippen molar-refractivity contribution in [2.24, 2.45) is 0 Å². The van der Waals surface area contributed by atoms with Gasteiger partial charge in [-0.1, -0.05) is 0 Å². The Morgan fingerprint density at radius 2 is 2.10 bits per heavy atom. The van der Waals surface area contributed by atoms with Gasteiger partial charge >= 0.3 is 6.18 Å². The smallest absolute Gasteiger partial charge is 0.290 e. The Morgan fingerprint density at radius 1 is 1.40 bits per heavy atom. The molecule has 0 bridgehead atoms. The van der Waals surface area contributed by atoms with Crippen molar-refractivity contribution in [2.45, 2.75) is 19.0 Å². The Hall–Kier alpha value is -0.250. The molecule has 0 spiro atoms. The molecule has 1 aliphatic rings. The van der Waals surface area contributed by atoms with Crippen LogP contribution in [0.3, 0.4) is 0 Å². The summed E-state index contributed by atoms with van der Waals surface area (Å²) in [7, 11) is 0. The fourth-order valence-electron chi connectivity index (χ4n) is 1.03. The number of likely N-dealkylation sites (tertiary alicyclic amines) is 1. The van der Waals surface area contributed by atoms with E-state index < -0.39 is 12.7 Å². The maximum atomic E-state index is 11.6. The van der Waals surface area contributed by atoms with E-state index in [1.165, 1.54) is 4.90 Å². The Bertz CT molecular complexity index is 104. The third-order valence-corrected chi connectivity index (χ3v) is 1.42. The first-order valence-electron chi connectivity index (χ1n) is 3.22. The van der Waals surface area contributed by atoms with Crippen LogP contribution in [0.4, 0.5) is 13.2 Å². The van der Waals surface area contributed by atoms with E-state index in [1.807, 2.05) is 0 Å². The van der Waals surface area contributed by atoms with Gasteiger partial charge in [0.15, 0.2) is 0 Å². The first kappa shape index (κ1) is 7.85. The monoisotopic (exact) mass is 152 g/mol. The Balaban J connectivity index is 2.24. The maximum Gasteiger partial charge on any atom is 0.401 e. The molecule has 0 aromatic rings. The standard InChI is InChI=1S/C6H9F3N/c7-6(8,9)5-10-3-1-2-4-10/h3H,1-2,4-5H2. The molecule has 59 valence electrons. The zero-order valence-electron chi connectivity index (χ0n) is 5.49. The molecule has 1 fully saturated rings. The van der Waals surface area contributed by atoms with E-state index in [-0.39, 0.29) is 0 Å². The normalized spacial score (nSPS) is 21.9. The van der Waals surface area contributed by atoms with Crippen LogP contribution in [0.25, 0.3) is 0 Å². The first-order valence-corrected chi connectivity index (χ1v) is 3.22. The molecule has 1 heterocycles. The lowest BCUT2D eigenvalue weighted by atomic mass is 10.4. The van der Waals surface area contributed by atoms with Crippen LogP contribution >= 0.6 is 0 Å². The second-order valence-electron chi connectivity index (χ2n) is 2.41. The van der Waals surface area contributed by atoms with E-state index in [9.17, 15) is 13.2 Å². The van der Waals surface area contributed by atoms with Gasteiger partial charge in [0.1, 0.15) is 0 Å². The highest BCUT2D eigenvalue weighted by molar-refractivity contribution is 4.78. The minimum atomic E-state index is -4.04. The zero-order valence-corrected chi connectivity index (χ0v) is 5.49. The minimum absolute atomic E-state index is 0.555. The van der Waals surface area contributed by atoms with Gasteiger partial charge in [-0.05, 0) is 19.4 Å².